The highest BCUT2D eigenvalue weighted by Gasteiger charge is 2.26. The Morgan fingerprint density at radius 3 is 2.06 bits per heavy atom. The van der Waals surface area contributed by atoms with Crippen LogP contribution in [0.25, 0.3) is 11.1 Å². The number of hydrogen-bond donors (Lipinski definition) is 1. The third-order valence-electron chi connectivity index (χ3n) is 5.46. The molecule has 0 atom stereocenters. The lowest BCUT2D eigenvalue weighted by molar-refractivity contribution is 0.575. The second kappa shape index (κ2) is 9.63. The summed E-state index contributed by atoms with van der Waals surface area (Å²) >= 11 is 1.63. The van der Waals surface area contributed by atoms with Gasteiger partial charge >= 0.3 is 0 Å². The SMILES string of the molecule is CC(C)c1cc(C(C)C)c(S(=O)(=O)NCc2cncc(-c3ccsc3)c2)c(C(C)C)c1. The first-order valence-electron chi connectivity index (χ1n) is 10.7. The van der Waals surface area contributed by atoms with Gasteiger partial charge in [0.2, 0.25) is 10.0 Å². The summed E-state index contributed by atoms with van der Waals surface area (Å²) < 4.78 is 29.9. The molecule has 1 aromatic carbocycles. The molecule has 0 unspecified atom stereocenters. The van der Waals surface area contributed by atoms with Crippen molar-refractivity contribution in [2.24, 2.45) is 0 Å². The molecule has 0 radical (unpaired) electrons. The van der Waals surface area contributed by atoms with Gasteiger partial charge in [0.15, 0.2) is 0 Å². The minimum atomic E-state index is -3.69. The standard InChI is InChI=1S/C25H32N2O2S2/c1-16(2)21-10-23(17(3)4)25(24(11-21)18(5)6)31(28,29)27-13-19-9-22(14-26-12-19)20-7-8-30-15-20/h7-12,14-18,27H,13H2,1-6H3. The van der Waals surface area contributed by atoms with E-state index in [1.807, 2.05) is 17.5 Å². The molecule has 0 fully saturated rings. The van der Waals surface area contributed by atoms with Crippen LogP contribution in [0, 0.1) is 0 Å². The first kappa shape index (κ1) is 23.6. The van der Waals surface area contributed by atoms with Gasteiger partial charge in [0.25, 0.3) is 0 Å². The topological polar surface area (TPSA) is 59.1 Å². The van der Waals surface area contributed by atoms with Gasteiger partial charge in [0, 0.05) is 24.5 Å². The molecule has 166 valence electrons. The second-order valence-corrected chi connectivity index (χ2v) is 11.4. The number of sulfonamides is 1. The van der Waals surface area contributed by atoms with Crippen molar-refractivity contribution in [1.82, 2.24) is 9.71 Å². The molecule has 0 spiro atoms. The van der Waals surface area contributed by atoms with Gasteiger partial charge in [0.1, 0.15) is 0 Å². The number of rotatable bonds is 8. The summed E-state index contributed by atoms with van der Waals surface area (Å²) in [6, 6.07) is 8.16. The maximum absolute atomic E-state index is 13.5. The van der Waals surface area contributed by atoms with Crippen LogP contribution < -0.4 is 4.72 Å². The number of benzene rings is 1. The largest absolute Gasteiger partial charge is 0.264 e. The molecule has 3 rings (SSSR count). The van der Waals surface area contributed by atoms with Crippen molar-refractivity contribution in [2.75, 3.05) is 0 Å². The van der Waals surface area contributed by atoms with Gasteiger partial charge in [-0.3, -0.25) is 4.98 Å². The number of thiophene rings is 1. The van der Waals surface area contributed by atoms with Crippen LogP contribution in [0.2, 0.25) is 0 Å². The van der Waals surface area contributed by atoms with E-state index in [0.29, 0.717) is 10.8 Å². The van der Waals surface area contributed by atoms with Crippen LogP contribution in [0.5, 0.6) is 0 Å². The normalized spacial score (nSPS) is 12.3. The molecule has 0 saturated heterocycles. The molecule has 0 saturated carbocycles. The summed E-state index contributed by atoms with van der Waals surface area (Å²) in [4.78, 5) is 4.74. The van der Waals surface area contributed by atoms with E-state index in [1.54, 1.807) is 23.7 Å². The Hall–Kier alpha value is -2.02. The van der Waals surface area contributed by atoms with Crippen LogP contribution in [-0.4, -0.2) is 13.4 Å². The fraction of sp³-hybridized carbons (Fsp3) is 0.400. The zero-order chi connectivity index (χ0) is 22.8. The van der Waals surface area contributed by atoms with E-state index in [0.717, 1.165) is 27.8 Å². The van der Waals surface area contributed by atoms with Crippen molar-refractivity contribution in [1.29, 1.82) is 0 Å². The van der Waals surface area contributed by atoms with Crippen LogP contribution in [0.3, 0.4) is 0 Å². The molecule has 31 heavy (non-hydrogen) atoms. The van der Waals surface area contributed by atoms with Gasteiger partial charge in [-0.05, 0) is 68.5 Å². The van der Waals surface area contributed by atoms with E-state index < -0.39 is 10.0 Å². The van der Waals surface area contributed by atoms with Gasteiger partial charge in [-0.1, -0.05) is 53.7 Å². The lowest BCUT2D eigenvalue weighted by Crippen LogP contribution is -2.26. The van der Waals surface area contributed by atoms with Crippen LogP contribution in [0.4, 0.5) is 0 Å². The molecular weight excluding hydrogens is 424 g/mol. The van der Waals surface area contributed by atoms with E-state index in [1.165, 1.54) is 5.56 Å². The minimum absolute atomic E-state index is 0.103. The first-order chi connectivity index (χ1) is 14.6. The van der Waals surface area contributed by atoms with Gasteiger partial charge in [-0.25, -0.2) is 13.1 Å². The third kappa shape index (κ3) is 5.43. The molecule has 6 heteroatoms. The number of hydrogen-bond acceptors (Lipinski definition) is 4. The van der Waals surface area contributed by atoms with Crippen molar-refractivity contribution in [3.63, 3.8) is 0 Å². The number of aromatic nitrogens is 1. The van der Waals surface area contributed by atoms with E-state index in [4.69, 9.17) is 0 Å². The van der Waals surface area contributed by atoms with Crippen molar-refractivity contribution in [3.8, 4) is 11.1 Å². The smallest absolute Gasteiger partial charge is 0.241 e. The highest BCUT2D eigenvalue weighted by molar-refractivity contribution is 7.89. The van der Waals surface area contributed by atoms with Crippen LogP contribution in [-0.2, 0) is 16.6 Å². The Bertz CT molecular complexity index is 1100. The van der Waals surface area contributed by atoms with Gasteiger partial charge in [0.05, 0.1) is 4.90 Å². The second-order valence-electron chi connectivity index (χ2n) is 8.91. The fourth-order valence-corrected chi connectivity index (χ4v) is 6.00. The molecule has 3 aromatic rings. The monoisotopic (exact) mass is 456 g/mol. The predicted molar refractivity (Wildman–Crippen MR) is 130 cm³/mol. The molecule has 0 aliphatic heterocycles. The summed E-state index contributed by atoms with van der Waals surface area (Å²) in [5.74, 6) is 0.545. The first-order valence-corrected chi connectivity index (χ1v) is 13.2. The molecular formula is C25H32N2O2S2. The van der Waals surface area contributed by atoms with E-state index in [9.17, 15) is 8.42 Å². The summed E-state index contributed by atoms with van der Waals surface area (Å²) in [5, 5.41) is 4.08. The van der Waals surface area contributed by atoms with Crippen molar-refractivity contribution in [2.45, 2.75) is 70.7 Å². The van der Waals surface area contributed by atoms with Gasteiger partial charge in [-0.15, -0.1) is 0 Å². The number of nitrogens with zero attached hydrogens (tertiary/aromatic N) is 1. The van der Waals surface area contributed by atoms with E-state index in [-0.39, 0.29) is 18.4 Å². The Balaban J connectivity index is 1.97. The number of pyridine rings is 1. The summed E-state index contributed by atoms with van der Waals surface area (Å²) in [7, 11) is -3.69. The van der Waals surface area contributed by atoms with Crippen LogP contribution in [0.15, 0.2) is 52.3 Å². The molecule has 4 nitrogen and oxygen atoms in total. The zero-order valence-electron chi connectivity index (χ0n) is 19.1. The van der Waals surface area contributed by atoms with Crippen LogP contribution >= 0.6 is 11.3 Å². The third-order valence-corrected chi connectivity index (χ3v) is 7.68. The van der Waals surface area contributed by atoms with Crippen molar-refractivity contribution in [3.05, 3.63) is 69.7 Å². The van der Waals surface area contributed by atoms with E-state index >= 15 is 0 Å². The Morgan fingerprint density at radius 1 is 0.903 bits per heavy atom. The lowest BCUT2D eigenvalue weighted by atomic mass is 9.89. The Labute approximate surface area is 190 Å². The molecule has 2 heterocycles. The number of nitrogens with one attached hydrogen (secondary N) is 1. The molecule has 2 aromatic heterocycles. The summed E-state index contributed by atoms with van der Waals surface area (Å²) in [6.07, 6.45) is 3.52. The molecule has 0 amide bonds. The van der Waals surface area contributed by atoms with E-state index in [2.05, 4.69) is 68.8 Å². The van der Waals surface area contributed by atoms with Crippen LogP contribution in [0.1, 0.15) is 81.5 Å². The van der Waals surface area contributed by atoms with Gasteiger partial charge in [-0.2, -0.15) is 11.3 Å². The fourth-order valence-electron chi connectivity index (χ4n) is 3.62. The van der Waals surface area contributed by atoms with Crippen molar-refractivity contribution >= 4 is 21.4 Å². The molecule has 1 N–H and O–H groups in total. The van der Waals surface area contributed by atoms with Gasteiger partial charge < -0.3 is 0 Å². The maximum atomic E-state index is 13.5. The highest BCUT2D eigenvalue weighted by Crippen LogP contribution is 2.35. The average Bonchev–Trinajstić information content (AvgIpc) is 3.26. The molecule has 0 aliphatic carbocycles. The summed E-state index contributed by atoms with van der Waals surface area (Å²) in [6.45, 7) is 12.7. The Morgan fingerprint density at radius 2 is 1.55 bits per heavy atom. The molecule has 0 aliphatic rings. The molecule has 0 bridgehead atoms. The predicted octanol–water partition coefficient (Wildman–Crippen LogP) is 6.66. The van der Waals surface area contributed by atoms with Crippen molar-refractivity contribution < 1.29 is 8.42 Å². The highest BCUT2D eigenvalue weighted by atomic mass is 32.2. The summed E-state index contributed by atoms with van der Waals surface area (Å²) in [5.41, 5.74) is 5.86. The average molecular weight is 457 g/mol. The minimum Gasteiger partial charge on any atom is -0.264 e. The lowest BCUT2D eigenvalue weighted by Gasteiger charge is -2.23. The quantitative estimate of drug-likeness (QED) is 0.412. The Kier molecular flexibility index (Phi) is 7.35. The zero-order valence-corrected chi connectivity index (χ0v) is 20.8. The maximum Gasteiger partial charge on any atom is 0.241 e.